The molecular formula is C20H18N2O3S. The molecule has 0 aliphatic carbocycles. The van der Waals surface area contributed by atoms with Gasteiger partial charge in [0.05, 0.1) is 5.56 Å². The van der Waals surface area contributed by atoms with Crippen molar-refractivity contribution in [3.05, 3.63) is 81.5 Å². The molecule has 2 aromatic carbocycles. The number of para-hydroxylation sites is 1. The van der Waals surface area contributed by atoms with Crippen LogP contribution in [0.3, 0.4) is 0 Å². The lowest BCUT2D eigenvalue weighted by Crippen LogP contribution is -2.15. The second-order valence-electron chi connectivity index (χ2n) is 5.77. The number of carbonyl (C=O) groups excluding carboxylic acids is 2. The molecule has 0 bridgehead atoms. The van der Waals surface area contributed by atoms with E-state index in [9.17, 15) is 9.59 Å². The standard InChI is InChI=1S/C20H18N2O3S/c1-13-9-14(19(21)23)11-15(10-13)22-20(24)17-6-2-3-7-18(17)25-12-16-5-4-8-26-16/h2-11H,12H2,1H3,(H2,21,23)(H,22,24). The van der Waals surface area contributed by atoms with E-state index in [1.807, 2.05) is 30.5 Å². The number of hydrogen-bond donors (Lipinski definition) is 2. The Morgan fingerprint density at radius 2 is 1.92 bits per heavy atom. The highest BCUT2D eigenvalue weighted by Gasteiger charge is 2.14. The minimum atomic E-state index is -0.538. The summed E-state index contributed by atoms with van der Waals surface area (Å²) in [4.78, 5) is 25.2. The molecule has 0 aliphatic heterocycles. The fourth-order valence-electron chi connectivity index (χ4n) is 2.52. The Kier molecular flexibility index (Phi) is 5.34. The Labute approximate surface area is 155 Å². The van der Waals surface area contributed by atoms with E-state index in [0.717, 1.165) is 10.4 Å². The molecule has 1 heterocycles. The number of amides is 2. The van der Waals surface area contributed by atoms with E-state index in [2.05, 4.69) is 5.32 Å². The minimum Gasteiger partial charge on any atom is -0.487 e. The first-order valence-corrected chi connectivity index (χ1v) is 8.88. The first kappa shape index (κ1) is 17.7. The monoisotopic (exact) mass is 366 g/mol. The molecule has 0 fully saturated rings. The summed E-state index contributed by atoms with van der Waals surface area (Å²) in [5.41, 5.74) is 7.45. The van der Waals surface area contributed by atoms with E-state index in [1.165, 1.54) is 0 Å². The number of nitrogens with two attached hydrogens (primary N) is 1. The molecule has 0 aliphatic rings. The molecule has 132 valence electrons. The number of anilines is 1. The lowest BCUT2D eigenvalue weighted by Gasteiger charge is -2.12. The molecule has 0 saturated heterocycles. The van der Waals surface area contributed by atoms with E-state index in [0.29, 0.717) is 29.2 Å². The average molecular weight is 366 g/mol. The molecule has 26 heavy (non-hydrogen) atoms. The van der Waals surface area contributed by atoms with E-state index in [4.69, 9.17) is 10.5 Å². The number of thiophene rings is 1. The summed E-state index contributed by atoms with van der Waals surface area (Å²) in [5.74, 6) is -0.349. The number of carbonyl (C=O) groups is 2. The van der Waals surface area contributed by atoms with Gasteiger partial charge in [-0.3, -0.25) is 9.59 Å². The van der Waals surface area contributed by atoms with Gasteiger partial charge in [-0.2, -0.15) is 0 Å². The van der Waals surface area contributed by atoms with Crippen molar-refractivity contribution in [1.82, 2.24) is 0 Å². The van der Waals surface area contributed by atoms with Crippen molar-refractivity contribution in [2.24, 2.45) is 5.73 Å². The molecule has 0 radical (unpaired) electrons. The van der Waals surface area contributed by atoms with Crippen LogP contribution < -0.4 is 15.8 Å². The van der Waals surface area contributed by atoms with Gasteiger partial charge in [0.2, 0.25) is 5.91 Å². The van der Waals surface area contributed by atoms with Crippen LogP contribution in [0.25, 0.3) is 0 Å². The summed E-state index contributed by atoms with van der Waals surface area (Å²) in [6.07, 6.45) is 0. The number of ether oxygens (including phenoxy) is 1. The highest BCUT2D eigenvalue weighted by molar-refractivity contribution is 7.09. The van der Waals surface area contributed by atoms with E-state index < -0.39 is 5.91 Å². The SMILES string of the molecule is Cc1cc(NC(=O)c2ccccc2OCc2cccs2)cc(C(N)=O)c1. The maximum atomic E-state index is 12.7. The molecule has 0 unspecified atom stereocenters. The van der Waals surface area contributed by atoms with Crippen LogP contribution in [0.4, 0.5) is 5.69 Å². The molecule has 5 nitrogen and oxygen atoms in total. The van der Waals surface area contributed by atoms with Crippen molar-refractivity contribution in [1.29, 1.82) is 0 Å². The Bertz CT molecular complexity index is 936. The Morgan fingerprint density at radius 1 is 1.12 bits per heavy atom. The van der Waals surface area contributed by atoms with Crippen molar-refractivity contribution >= 4 is 28.8 Å². The molecule has 0 saturated carbocycles. The smallest absolute Gasteiger partial charge is 0.259 e. The number of nitrogens with one attached hydrogen (secondary N) is 1. The quantitative estimate of drug-likeness (QED) is 0.692. The van der Waals surface area contributed by atoms with Gasteiger partial charge >= 0.3 is 0 Å². The first-order valence-electron chi connectivity index (χ1n) is 8.00. The lowest BCUT2D eigenvalue weighted by atomic mass is 10.1. The molecule has 0 atom stereocenters. The van der Waals surface area contributed by atoms with E-state index in [-0.39, 0.29) is 5.91 Å². The fraction of sp³-hybridized carbons (Fsp3) is 0.100. The predicted octanol–water partition coefficient (Wildman–Crippen LogP) is 3.99. The molecule has 3 N–H and O–H groups in total. The second-order valence-corrected chi connectivity index (χ2v) is 6.80. The summed E-state index contributed by atoms with van der Waals surface area (Å²) >= 11 is 1.60. The van der Waals surface area contributed by atoms with Crippen LogP contribution in [0.1, 0.15) is 31.2 Å². The minimum absolute atomic E-state index is 0.312. The van der Waals surface area contributed by atoms with Crippen LogP contribution in [0.15, 0.2) is 60.0 Å². The summed E-state index contributed by atoms with van der Waals surface area (Å²) in [6, 6.07) is 16.0. The van der Waals surface area contributed by atoms with Crippen molar-refractivity contribution in [3.63, 3.8) is 0 Å². The zero-order valence-corrected chi connectivity index (χ0v) is 15.0. The van der Waals surface area contributed by atoms with Gasteiger partial charge in [-0.15, -0.1) is 11.3 Å². The first-order chi connectivity index (χ1) is 12.5. The normalized spacial score (nSPS) is 10.3. The summed E-state index contributed by atoms with van der Waals surface area (Å²) in [5, 5.41) is 4.78. The van der Waals surface area contributed by atoms with E-state index >= 15 is 0 Å². The van der Waals surface area contributed by atoms with Gasteiger partial charge in [-0.05, 0) is 54.3 Å². The number of benzene rings is 2. The highest BCUT2D eigenvalue weighted by Crippen LogP contribution is 2.23. The maximum Gasteiger partial charge on any atom is 0.259 e. The molecule has 6 heteroatoms. The molecule has 2 amide bonds. The largest absolute Gasteiger partial charge is 0.487 e. The van der Waals surface area contributed by atoms with Crippen molar-refractivity contribution in [3.8, 4) is 5.75 Å². The van der Waals surface area contributed by atoms with Gasteiger partial charge in [-0.1, -0.05) is 18.2 Å². The summed E-state index contributed by atoms with van der Waals surface area (Å²) < 4.78 is 5.80. The van der Waals surface area contributed by atoms with Gasteiger partial charge in [0.15, 0.2) is 0 Å². The number of hydrogen-bond acceptors (Lipinski definition) is 4. The van der Waals surface area contributed by atoms with Gasteiger partial charge in [0.25, 0.3) is 5.91 Å². The van der Waals surface area contributed by atoms with Crippen LogP contribution in [-0.4, -0.2) is 11.8 Å². The number of rotatable bonds is 6. The zero-order valence-electron chi connectivity index (χ0n) is 14.2. The number of aryl methyl sites for hydroxylation is 1. The zero-order chi connectivity index (χ0) is 18.5. The number of primary amides is 1. The van der Waals surface area contributed by atoms with Crippen LogP contribution in [0.5, 0.6) is 5.75 Å². The van der Waals surface area contributed by atoms with Gasteiger partial charge in [0, 0.05) is 16.1 Å². The Balaban J connectivity index is 1.79. The third-order valence-corrected chi connectivity index (χ3v) is 4.55. The lowest BCUT2D eigenvalue weighted by molar-refractivity contribution is 0.0995. The van der Waals surface area contributed by atoms with E-state index in [1.54, 1.807) is 47.7 Å². The third kappa shape index (κ3) is 4.29. The van der Waals surface area contributed by atoms with Gasteiger partial charge < -0.3 is 15.8 Å². The van der Waals surface area contributed by atoms with Crippen LogP contribution in [0, 0.1) is 6.92 Å². The maximum absolute atomic E-state index is 12.7. The summed E-state index contributed by atoms with van der Waals surface area (Å²) in [6.45, 7) is 2.23. The van der Waals surface area contributed by atoms with Crippen LogP contribution >= 0.6 is 11.3 Å². The average Bonchev–Trinajstić information content (AvgIpc) is 3.13. The highest BCUT2D eigenvalue weighted by atomic mass is 32.1. The second kappa shape index (κ2) is 7.84. The molecular weight excluding hydrogens is 348 g/mol. The van der Waals surface area contributed by atoms with Crippen molar-refractivity contribution in [2.45, 2.75) is 13.5 Å². The van der Waals surface area contributed by atoms with Crippen LogP contribution in [-0.2, 0) is 6.61 Å². The third-order valence-electron chi connectivity index (χ3n) is 3.70. The molecule has 3 aromatic rings. The Morgan fingerprint density at radius 3 is 2.65 bits per heavy atom. The molecule has 3 rings (SSSR count). The van der Waals surface area contributed by atoms with Crippen molar-refractivity contribution < 1.29 is 14.3 Å². The summed E-state index contributed by atoms with van der Waals surface area (Å²) in [7, 11) is 0. The van der Waals surface area contributed by atoms with Crippen LogP contribution in [0.2, 0.25) is 0 Å². The van der Waals surface area contributed by atoms with Crippen molar-refractivity contribution in [2.75, 3.05) is 5.32 Å². The fourth-order valence-corrected chi connectivity index (χ4v) is 3.14. The van der Waals surface area contributed by atoms with Gasteiger partial charge in [-0.25, -0.2) is 0 Å². The predicted molar refractivity (Wildman–Crippen MR) is 103 cm³/mol. The Hall–Kier alpha value is -3.12. The molecule has 0 spiro atoms. The van der Waals surface area contributed by atoms with Gasteiger partial charge in [0.1, 0.15) is 12.4 Å². The topological polar surface area (TPSA) is 81.4 Å². The molecule has 1 aromatic heterocycles.